The number of anilines is 2. The van der Waals surface area contributed by atoms with Gasteiger partial charge in [-0.15, -0.1) is 0 Å². The van der Waals surface area contributed by atoms with Crippen LogP contribution in [0.25, 0.3) is 5.82 Å². The van der Waals surface area contributed by atoms with Crippen molar-refractivity contribution in [2.24, 2.45) is 0 Å². The predicted octanol–water partition coefficient (Wildman–Crippen LogP) is 4.01. The number of carbonyl (C=O) groups is 2. The number of benzene rings is 1. The number of nitrogens with one attached hydrogen (secondary N) is 2. The van der Waals surface area contributed by atoms with Crippen molar-refractivity contribution in [2.45, 2.75) is 27.7 Å². The molecule has 8 nitrogen and oxygen atoms in total. The molecule has 0 aliphatic rings. The number of aromatic nitrogens is 3. The SMILES string of the molecule is CCOC(=O)c1c(C)nn(-c2ncccc2NC(=O)Nc2ccc(C)cc2)c1C. The number of carbonyl (C=O) groups excluding carboxylic acids is 2. The predicted molar refractivity (Wildman–Crippen MR) is 111 cm³/mol. The van der Waals surface area contributed by atoms with E-state index in [1.165, 1.54) is 4.68 Å². The number of amides is 2. The van der Waals surface area contributed by atoms with E-state index >= 15 is 0 Å². The molecule has 0 unspecified atom stereocenters. The molecule has 8 heteroatoms. The number of ether oxygens (including phenoxy) is 1. The Hall–Kier alpha value is -3.68. The molecule has 150 valence electrons. The maximum absolute atomic E-state index is 12.4. The Morgan fingerprint density at radius 2 is 1.79 bits per heavy atom. The van der Waals surface area contributed by atoms with Gasteiger partial charge in [-0.05, 0) is 52.0 Å². The summed E-state index contributed by atoms with van der Waals surface area (Å²) in [5, 5.41) is 10.0. The smallest absolute Gasteiger partial charge is 0.341 e. The van der Waals surface area contributed by atoms with Gasteiger partial charge in [0.05, 0.1) is 23.7 Å². The summed E-state index contributed by atoms with van der Waals surface area (Å²) in [6.07, 6.45) is 1.60. The van der Waals surface area contributed by atoms with Gasteiger partial charge in [-0.3, -0.25) is 0 Å². The van der Waals surface area contributed by atoms with Crippen LogP contribution in [-0.4, -0.2) is 33.4 Å². The summed E-state index contributed by atoms with van der Waals surface area (Å²) in [6.45, 7) is 7.50. The molecule has 2 aromatic heterocycles. The van der Waals surface area contributed by atoms with Gasteiger partial charge in [0.2, 0.25) is 0 Å². The molecule has 2 heterocycles. The standard InChI is InChI=1S/C21H23N5O3/c1-5-29-20(27)18-14(3)25-26(15(18)4)19-17(7-6-12-22-19)24-21(28)23-16-10-8-13(2)9-11-16/h6-12H,5H2,1-4H3,(H2,23,24,28). The van der Waals surface area contributed by atoms with Gasteiger partial charge in [0, 0.05) is 11.9 Å². The third kappa shape index (κ3) is 4.43. The van der Waals surface area contributed by atoms with Crippen molar-refractivity contribution in [3.8, 4) is 5.82 Å². The summed E-state index contributed by atoms with van der Waals surface area (Å²) in [5.74, 6) is -0.0287. The van der Waals surface area contributed by atoms with Gasteiger partial charge >= 0.3 is 12.0 Å². The summed E-state index contributed by atoms with van der Waals surface area (Å²) < 4.78 is 6.65. The molecule has 0 atom stereocenters. The number of hydrogen-bond acceptors (Lipinski definition) is 5. The lowest BCUT2D eigenvalue weighted by atomic mass is 10.2. The number of pyridine rings is 1. The summed E-state index contributed by atoms with van der Waals surface area (Å²) >= 11 is 0. The second-order valence-corrected chi connectivity index (χ2v) is 6.50. The van der Waals surface area contributed by atoms with E-state index in [0.29, 0.717) is 34.1 Å². The van der Waals surface area contributed by atoms with Crippen molar-refractivity contribution in [3.05, 3.63) is 65.1 Å². The van der Waals surface area contributed by atoms with Crippen LogP contribution >= 0.6 is 0 Å². The first-order valence-electron chi connectivity index (χ1n) is 9.24. The van der Waals surface area contributed by atoms with Crippen molar-refractivity contribution in [1.29, 1.82) is 0 Å². The quantitative estimate of drug-likeness (QED) is 0.638. The number of rotatable bonds is 5. The normalized spacial score (nSPS) is 10.5. The Bertz CT molecular complexity index is 1040. The fourth-order valence-corrected chi connectivity index (χ4v) is 2.93. The molecule has 0 saturated heterocycles. The molecule has 3 aromatic rings. The van der Waals surface area contributed by atoms with Crippen LogP contribution < -0.4 is 10.6 Å². The Kier molecular flexibility index (Phi) is 5.92. The monoisotopic (exact) mass is 393 g/mol. The van der Waals surface area contributed by atoms with E-state index in [2.05, 4.69) is 20.7 Å². The van der Waals surface area contributed by atoms with E-state index in [9.17, 15) is 9.59 Å². The van der Waals surface area contributed by atoms with E-state index < -0.39 is 12.0 Å². The molecule has 0 spiro atoms. The third-order valence-electron chi connectivity index (χ3n) is 4.32. The van der Waals surface area contributed by atoms with Crippen LogP contribution in [0.1, 0.15) is 34.2 Å². The molecular formula is C21H23N5O3. The molecule has 29 heavy (non-hydrogen) atoms. The lowest BCUT2D eigenvalue weighted by molar-refractivity contribution is 0.0524. The van der Waals surface area contributed by atoms with Gasteiger partial charge in [-0.2, -0.15) is 5.10 Å². The number of hydrogen-bond donors (Lipinski definition) is 2. The average molecular weight is 393 g/mol. The van der Waals surface area contributed by atoms with Crippen LogP contribution in [0.3, 0.4) is 0 Å². The van der Waals surface area contributed by atoms with E-state index in [1.54, 1.807) is 39.1 Å². The number of nitrogens with zero attached hydrogens (tertiary/aromatic N) is 3. The van der Waals surface area contributed by atoms with E-state index in [0.717, 1.165) is 5.56 Å². The van der Waals surface area contributed by atoms with E-state index in [1.807, 2.05) is 31.2 Å². The average Bonchev–Trinajstić information content (AvgIpc) is 2.98. The molecule has 0 radical (unpaired) electrons. The molecule has 0 fully saturated rings. The minimum atomic E-state index is -0.434. The van der Waals surface area contributed by atoms with E-state index in [4.69, 9.17) is 4.74 Å². The van der Waals surface area contributed by atoms with E-state index in [-0.39, 0.29) is 6.61 Å². The number of urea groups is 1. The maximum atomic E-state index is 12.4. The largest absolute Gasteiger partial charge is 0.462 e. The van der Waals surface area contributed by atoms with Gasteiger partial charge < -0.3 is 15.4 Å². The van der Waals surface area contributed by atoms with Crippen LogP contribution in [-0.2, 0) is 4.74 Å². The lowest BCUT2D eigenvalue weighted by Gasteiger charge is -2.12. The summed E-state index contributed by atoms with van der Waals surface area (Å²) in [5.41, 5.74) is 3.75. The van der Waals surface area contributed by atoms with Crippen LogP contribution in [0, 0.1) is 20.8 Å². The Morgan fingerprint density at radius 1 is 1.07 bits per heavy atom. The van der Waals surface area contributed by atoms with Crippen molar-refractivity contribution < 1.29 is 14.3 Å². The minimum Gasteiger partial charge on any atom is -0.462 e. The molecule has 2 amide bonds. The Morgan fingerprint density at radius 3 is 2.48 bits per heavy atom. The van der Waals surface area contributed by atoms with Crippen LogP contribution in [0.4, 0.5) is 16.2 Å². The molecule has 3 rings (SSSR count). The van der Waals surface area contributed by atoms with Gasteiger partial charge in [-0.1, -0.05) is 17.7 Å². The minimum absolute atomic E-state index is 0.276. The van der Waals surface area contributed by atoms with Gasteiger partial charge in [0.15, 0.2) is 5.82 Å². The zero-order valence-corrected chi connectivity index (χ0v) is 16.8. The Balaban J connectivity index is 1.88. The first-order chi connectivity index (χ1) is 13.9. The summed E-state index contributed by atoms with van der Waals surface area (Å²) in [4.78, 5) is 29.0. The fraction of sp³-hybridized carbons (Fsp3) is 0.238. The lowest BCUT2D eigenvalue weighted by Crippen LogP contribution is -2.21. The molecule has 0 saturated carbocycles. The zero-order chi connectivity index (χ0) is 21.0. The second-order valence-electron chi connectivity index (χ2n) is 6.50. The molecule has 0 aliphatic heterocycles. The van der Waals surface area contributed by atoms with Gasteiger partial charge in [0.1, 0.15) is 5.56 Å². The topological polar surface area (TPSA) is 98.1 Å². The fourth-order valence-electron chi connectivity index (χ4n) is 2.93. The highest BCUT2D eigenvalue weighted by atomic mass is 16.5. The van der Waals surface area contributed by atoms with Crippen molar-refractivity contribution in [3.63, 3.8) is 0 Å². The van der Waals surface area contributed by atoms with Crippen LogP contribution in [0.5, 0.6) is 0 Å². The number of aryl methyl sites for hydroxylation is 2. The third-order valence-corrected chi connectivity index (χ3v) is 4.32. The first kappa shape index (κ1) is 20.1. The first-order valence-corrected chi connectivity index (χ1v) is 9.24. The highest BCUT2D eigenvalue weighted by Gasteiger charge is 2.22. The second kappa shape index (κ2) is 8.55. The molecule has 1 aromatic carbocycles. The summed E-state index contributed by atoms with van der Waals surface area (Å²) in [6, 6.07) is 10.5. The molecule has 0 aliphatic carbocycles. The molecule has 0 bridgehead atoms. The molecule has 2 N–H and O–H groups in total. The van der Waals surface area contributed by atoms with Gasteiger partial charge in [0.25, 0.3) is 0 Å². The maximum Gasteiger partial charge on any atom is 0.341 e. The van der Waals surface area contributed by atoms with Crippen molar-refractivity contribution in [1.82, 2.24) is 14.8 Å². The molecular weight excluding hydrogens is 370 g/mol. The highest BCUT2D eigenvalue weighted by molar-refractivity contribution is 6.00. The Labute approximate surface area is 168 Å². The van der Waals surface area contributed by atoms with Crippen molar-refractivity contribution >= 4 is 23.4 Å². The van der Waals surface area contributed by atoms with Crippen molar-refractivity contribution in [2.75, 3.05) is 17.2 Å². The summed E-state index contributed by atoms with van der Waals surface area (Å²) in [7, 11) is 0. The zero-order valence-electron chi connectivity index (χ0n) is 16.8. The van der Waals surface area contributed by atoms with Crippen LogP contribution in [0.2, 0.25) is 0 Å². The number of esters is 1. The van der Waals surface area contributed by atoms with Crippen LogP contribution in [0.15, 0.2) is 42.6 Å². The van der Waals surface area contributed by atoms with Gasteiger partial charge in [-0.25, -0.2) is 19.3 Å². The highest BCUT2D eigenvalue weighted by Crippen LogP contribution is 2.23.